The highest BCUT2D eigenvalue weighted by Gasteiger charge is 2.42. The lowest BCUT2D eigenvalue weighted by Crippen LogP contribution is -2.57. The first kappa shape index (κ1) is 15.9. The van der Waals surface area contributed by atoms with Crippen molar-refractivity contribution in [1.29, 1.82) is 0 Å². The second kappa shape index (κ2) is 5.02. The SMILES string of the molecule is CCC(CC)(CN)N(C)S(=O)(=O)C(C)(C)C. The summed E-state index contributed by atoms with van der Waals surface area (Å²) in [5.74, 6) is 0. The maximum atomic E-state index is 12.3. The Morgan fingerprint density at radius 2 is 1.50 bits per heavy atom. The molecule has 0 saturated heterocycles. The van der Waals surface area contributed by atoms with E-state index in [2.05, 4.69) is 0 Å². The van der Waals surface area contributed by atoms with Crippen LogP contribution >= 0.6 is 0 Å². The van der Waals surface area contributed by atoms with E-state index in [1.807, 2.05) is 13.8 Å². The van der Waals surface area contributed by atoms with Gasteiger partial charge in [-0.05, 0) is 33.6 Å². The highest BCUT2D eigenvalue weighted by molar-refractivity contribution is 7.90. The number of nitrogens with zero attached hydrogens (tertiary/aromatic N) is 1. The fourth-order valence-electron chi connectivity index (χ4n) is 1.78. The fraction of sp³-hybridized carbons (Fsp3) is 1.00. The molecular formula is C11H26N2O2S. The molecule has 0 aromatic rings. The molecule has 0 saturated carbocycles. The highest BCUT2D eigenvalue weighted by Crippen LogP contribution is 2.29. The number of rotatable bonds is 5. The summed E-state index contributed by atoms with van der Waals surface area (Å²) in [6.07, 6.45) is 1.46. The van der Waals surface area contributed by atoms with Crippen molar-refractivity contribution in [3.63, 3.8) is 0 Å². The monoisotopic (exact) mass is 250 g/mol. The average Bonchev–Trinajstić information content (AvgIpc) is 2.19. The third-order valence-corrected chi connectivity index (χ3v) is 6.15. The first-order valence-corrected chi connectivity index (χ1v) is 7.21. The molecule has 0 atom stereocenters. The van der Waals surface area contributed by atoms with Crippen LogP contribution in [0.25, 0.3) is 0 Å². The second-order valence-electron chi connectivity index (χ2n) is 5.22. The van der Waals surface area contributed by atoms with Gasteiger partial charge in [-0.3, -0.25) is 0 Å². The van der Waals surface area contributed by atoms with Crippen LogP contribution in [0.2, 0.25) is 0 Å². The number of hydrogen-bond donors (Lipinski definition) is 1. The van der Waals surface area contributed by atoms with Crippen LogP contribution in [-0.4, -0.2) is 36.6 Å². The molecule has 4 nitrogen and oxygen atoms in total. The predicted molar refractivity (Wildman–Crippen MR) is 68.8 cm³/mol. The molecule has 0 aliphatic heterocycles. The molecule has 0 aromatic heterocycles. The Morgan fingerprint density at radius 1 is 1.12 bits per heavy atom. The minimum absolute atomic E-state index is 0.353. The van der Waals surface area contributed by atoms with Crippen LogP contribution in [0.1, 0.15) is 47.5 Å². The van der Waals surface area contributed by atoms with Gasteiger partial charge in [-0.15, -0.1) is 0 Å². The summed E-state index contributed by atoms with van der Waals surface area (Å²) in [6, 6.07) is 0. The zero-order chi connectivity index (χ0) is 13.2. The van der Waals surface area contributed by atoms with Crippen molar-refractivity contribution in [3.8, 4) is 0 Å². The van der Waals surface area contributed by atoms with Crippen LogP contribution in [0.4, 0.5) is 0 Å². The van der Waals surface area contributed by atoms with Crippen LogP contribution in [0.15, 0.2) is 0 Å². The van der Waals surface area contributed by atoms with Crippen molar-refractivity contribution in [2.24, 2.45) is 5.73 Å². The number of likely N-dealkylation sites (N-methyl/N-ethyl adjacent to an activating group) is 1. The molecule has 0 aliphatic rings. The number of hydrogen-bond acceptors (Lipinski definition) is 3. The molecule has 0 spiro atoms. The third-order valence-electron chi connectivity index (χ3n) is 3.50. The maximum absolute atomic E-state index is 12.3. The molecule has 0 amide bonds. The van der Waals surface area contributed by atoms with E-state index in [9.17, 15) is 8.42 Å². The van der Waals surface area contributed by atoms with Crippen LogP contribution in [0, 0.1) is 0 Å². The summed E-state index contributed by atoms with van der Waals surface area (Å²) in [5.41, 5.74) is 5.31. The van der Waals surface area contributed by atoms with Crippen LogP contribution in [0.5, 0.6) is 0 Å². The first-order chi connectivity index (χ1) is 7.09. The van der Waals surface area contributed by atoms with E-state index in [4.69, 9.17) is 5.73 Å². The summed E-state index contributed by atoms with van der Waals surface area (Å²) >= 11 is 0. The van der Waals surface area contributed by atoms with Gasteiger partial charge in [0.05, 0.1) is 4.75 Å². The Bertz CT molecular complexity index is 305. The molecule has 16 heavy (non-hydrogen) atoms. The standard InChI is InChI=1S/C11H26N2O2S/c1-7-11(8-2,9-12)13(6)16(14,15)10(3,4)5/h7-9,12H2,1-6H3. The van der Waals surface area contributed by atoms with Crippen molar-refractivity contribution in [2.45, 2.75) is 57.7 Å². The molecular weight excluding hydrogens is 224 g/mol. The lowest BCUT2D eigenvalue weighted by Gasteiger charge is -2.42. The summed E-state index contributed by atoms with van der Waals surface area (Å²) in [7, 11) is -1.68. The maximum Gasteiger partial charge on any atom is 0.219 e. The van der Waals surface area contributed by atoms with E-state index in [0.29, 0.717) is 6.54 Å². The molecule has 0 bridgehead atoms. The van der Waals surface area contributed by atoms with Gasteiger partial charge in [0.2, 0.25) is 10.0 Å². The predicted octanol–water partition coefficient (Wildman–Crippen LogP) is 1.56. The van der Waals surface area contributed by atoms with Crippen LogP contribution in [0.3, 0.4) is 0 Å². The largest absolute Gasteiger partial charge is 0.329 e. The Kier molecular flexibility index (Phi) is 4.98. The molecule has 0 heterocycles. The average molecular weight is 250 g/mol. The van der Waals surface area contributed by atoms with E-state index < -0.39 is 20.3 Å². The Morgan fingerprint density at radius 3 is 1.69 bits per heavy atom. The Labute approximate surface area is 100 Å². The zero-order valence-electron chi connectivity index (χ0n) is 11.4. The zero-order valence-corrected chi connectivity index (χ0v) is 12.2. The molecule has 0 unspecified atom stereocenters. The lowest BCUT2D eigenvalue weighted by atomic mass is 9.93. The van der Waals surface area contributed by atoms with Crippen LogP contribution < -0.4 is 5.73 Å². The van der Waals surface area contributed by atoms with Gasteiger partial charge in [-0.1, -0.05) is 13.8 Å². The van der Waals surface area contributed by atoms with Crippen molar-refractivity contribution in [2.75, 3.05) is 13.6 Å². The van der Waals surface area contributed by atoms with Crippen molar-refractivity contribution in [3.05, 3.63) is 0 Å². The summed E-state index contributed by atoms with van der Waals surface area (Å²) in [4.78, 5) is 0. The van der Waals surface area contributed by atoms with Gasteiger partial charge in [0.25, 0.3) is 0 Å². The van der Waals surface area contributed by atoms with Gasteiger partial charge in [0, 0.05) is 19.1 Å². The van der Waals surface area contributed by atoms with E-state index in [0.717, 1.165) is 12.8 Å². The first-order valence-electron chi connectivity index (χ1n) is 5.77. The summed E-state index contributed by atoms with van der Waals surface area (Å²) in [6.45, 7) is 9.45. The highest BCUT2D eigenvalue weighted by atomic mass is 32.2. The molecule has 0 aromatic carbocycles. The Hall–Kier alpha value is -0.130. The molecule has 5 heteroatoms. The van der Waals surface area contributed by atoms with E-state index in [1.54, 1.807) is 27.8 Å². The van der Waals surface area contributed by atoms with E-state index >= 15 is 0 Å². The van der Waals surface area contributed by atoms with Crippen molar-refractivity contribution >= 4 is 10.0 Å². The van der Waals surface area contributed by atoms with Gasteiger partial charge in [0.1, 0.15) is 0 Å². The number of nitrogens with two attached hydrogens (primary N) is 1. The fourth-order valence-corrected chi connectivity index (χ4v) is 3.44. The van der Waals surface area contributed by atoms with Gasteiger partial charge < -0.3 is 5.73 Å². The van der Waals surface area contributed by atoms with Gasteiger partial charge in [-0.2, -0.15) is 4.31 Å². The topological polar surface area (TPSA) is 63.4 Å². The van der Waals surface area contributed by atoms with Gasteiger partial charge in [0.15, 0.2) is 0 Å². The minimum Gasteiger partial charge on any atom is -0.329 e. The molecule has 0 radical (unpaired) electrons. The quantitative estimate of drug-likeness (QED) is 0.805. The smallest absolute Gasteiger partial charge is 0.219 e. The molecule has 0 fully saturated rings. The summed E-state index contributed by atoms with van der Waals surface area (Å²) < 4.78 is 25.4. The van der Waals surface area contributed by atoms with Gasteiger partial charge in [-0.25, -0.2) is 8.42 Å². The molecule has 0 rings (SSSR count). The van der Waals surface area contributed by atoms with E-state index in [-0.39, 0.29) is 0 Å². The summed E-state index contributed by atoms with van der Waals surface area (Å²) in [5, 5.41) is 0. The third kappa shape index (κ3) is 2.57. The van der Waals surface area contributed by atoms with Crippen molar-refractivity contribution in [1.82, 2.24) is 4.31 Å². The second-order valence-corrected chi connectivity index (χ2v) is 7.94. The van der Waals surface area contributed by atoms with E-state index in [1.165, 1.54) is 4.31 Å². The minimum atomic E-state index is -3.32. The van der Waals surface area contributed by atoms with Crippen LogP contribution in [-0.2, 0) is 10.0 Å². The Balaban J connectivity index is 5.42. The van der Waals surface area contributed by atoms with Gasteiger partial charge >= 0.3 is 0 Å². The molecule has 2 N–H and O–H groups in total. The molecule has 0 aliphatic carbocycles. The van der Waals surface area contributed by atoms with Crippen molar-refractivity contribution < 1.29 is 8.42 Å². The lowest BCUT2D eigenvalue weighted by molar-refractivity contribution is 0.204. The molecule has 98 valence electrons. The normalized spacial score (nSPS) is 14.5. The number of sulfonamides is 1.